The van der Waals surface area contributed by atoms with Gasteiger partial charge in [-0.25, -0.2) is 0 Å². The summed E-state index contributed by atoms with van der Waals surface area (Å²) in [4.78, 5) is 11.3. The summed E-state index contributed by atoms with van der Waals surface area (Å²) in [6, 6.07) is 0. The Labute approximate surface area is 85.4 Å². The Hall–Kier alpha value is -1.27. The van der Waals surface area contributed by atoms with Crippen LogP contribution >= 0.6 is 0 Å². The number of hydrogen-bond acceptors (Lipinski definition) is 1. The van der Waals surface area contributed by atoms with Crippen LogP contribution < -0.4 is 5.32 Å². The van der Waals surface area contributed by atoms with Gasteiger partial charge in [0.2, 0.25) is 5.91 Å². The largest absolute Gasteiger partial charge is 0.356 e. The van der Waals surface area contributed by atoms with Crippen LogP contribution in [0.15, 0.2) is 29.5 Å². The van der Waals surface area contributed by atoms with Gasteiger partial charge in [0.1, 0.15) is 0 Å². The van der Waals surface area contributed by atoms with Crippen molar-refractivity contribution in [2.45, 2.75) is 32.6 Å². The van der Waals surface area contributed by atoms with Crippen LogP contribution in [0.4, 0.5) is 0 Å². The van der Waals surface area contributed by atoms with E-state index in [1.807, 2.05) is 18.2 Å². The molecule has 0 aliphatic heterocycles. The zero-order valence-electron chi connectivity index (χ0n) is 8.68. The highest BCUT2D eigenvalue weighted by Crippen LogP contribution is 2.08. The van der Waals surface area contributed by atoms with Gasteiger partial charge in [-0.05, 0) is 24.5 Å². The third-order valence-electron chi connectivity index (χ3n) is 2.14. The predicted molar refractivity (Wildman–Crippen MR) is 57.9 cm³/mol. The van der Waals surface area contributed by atoms with Crippen LogP contribution in [-0.2, 0) is 4.79 Å². The number of rotatable bonds is 6. The van der Waals surface area contributed by atoms with Gasteiger partial charge in [0.25, 0.3) is 0 Å². The second-order valence-corrected chi connectivity index (χ2v) is 3.40. The summed E-state index contributed by atoms with van der Waals surface area (Å²) in [5, 5.41) is 2.89. The average molecular weight is 191 g/mol. The fourth-order valence-electron chi connectivity index (χ4n) is 1.26. The molecule has 1 aliphatic carbocycles. The van der Waals surface area contributed by atoms with Gasteiger partial charge in [-0.3, -0.25) is 4.79 Å². The van der Waals surface area contributed by atoms with E-state index in [1.54, 1.807) is 0 Å². The minimum Gasteiger partial charge on any atom is -0.356 e. The molecule has 0 unspecified atom stereocenters. The topological polar surface area (TPSA) is 29.1 Å². The number of carbonyl (C=O) groups excluding carboxylic acids is 1. The minimum absolute atomic E-state index is 0.146. The molecule has 0 heterocycles. The molecule has 1 amide bonds. The van der Waals surface area contributed by atoms with E-state index in [0.717, 1.165) is 31.4 Å². The fraction of sp³-hybridized carbons (Fsp3) is 0.500. The maximum absolute atomic E-state index is 11.3. The molecule has 0 saturated carbocycles. The van der Waals surface area contributed by atoms with Crippen LogP contribution in [0.5, 0.6) is 0 Å². The number of allylic oxidation sites excluding steroid dienone is 3. The van der Waals surface area contributed by atoms with E-state index in [4.69, 9.17) is 0 Å². The lowest BCUT2D eigenvalue weighted by molar-refractivity contribution is -0.121. The molecule has 1 aliphatic rings. The molecular weight excluding hydrogens is 174 g/mol. The van der Waals surface area contributed by atoms with E-state index >= 15 is 0 Å². The molecule has 0 aromatic carbocycles. The van der Waals surface area contributed by atoms with E-state index < -0.39 is 0 Å². The average Bonchev–Trinajstić information content (AvgIpc) is 2.68. The Kier molecular flexibility index (Phi) is 4.81. The van der Waals surface area contributed by atoms with Gasteiger partial charge in [-0.1, -0.05) is 25.5 Å². The van der Waals surface area contributed by atoms with Gasteiger partial charge in [-0.2, -0.15) is 0 Å². The van der Waals surface area contributed by atoms with Gasteiger partial charge in [0.15, 0.2) is 0 Å². The molecule has 0 bridgehead atoms. The Morgan fingerprint density at radius 2 is 2.43 bits per heavy atom. The fourth-order valence-corrected chi connectivity index (χ4v) is 1.26. The lowest BCUT2D eigenvalue weighted by atomic mass is 10.1. The summed E-state index contributed by atoms with van der Waals surface area (Å²) in [6.45, 7) is 2.92. The third-order valence-corrected chi connectivity index (χ3v) is 2.14. The zero-order chi connectivity index (χ0) is 10.2. The van der Waals surface area contributed by atoms with E-state index in [0.29, 0.717) is 6.42 Å². The van der Waals surface area contributed by atoms with E-state index in [-0.39, 0.29) is 5.91 Å². The summed E-state index contributed by atoms with van der Waals surface area (Å²) in [7, 11) is 0. The van der Waals surface area contributed by atoms with Crippen molar-refractivity contribution in [2.24, 2.45) is 0 Å². The van der Waals surface area contributed by atoms with Gasteiger partial charge >= 0.3 is 0 Å². The summed E-state index contributed by atoms with van der Waals surface area (Å²) >= 11 is 0. The molecule has 14 heavy (non-hydrogen) atoms. The van der Waals surface area contributed by atoms with E-state index in [1.165, 1.54) is 0 Å². The first-order chi connectivity index (χ1) is 6.83. The van der Waals surface area contributed by atoms with Crippen molar-refractivity contribution in [1.29, 1.82) is 0 Å². The molecule has 0 fully saturated rings. The number of carbonyl (C=O) groups is 1. The van der Waals surface area contributed by atoms with Crippen molar-refractivity contribution in [3.8, 4) is 0 Å². The van der Waals surface area contributed by atoms with Crippen molar-refractivity contribution in [3.05, 3.63) is 29.5 Å². The maximum Gasteiger partial charge on any atom is 0.220 e. The summed E-state index contributed by atoms with van der Waals surface area (Å²) in [5.74, 6) is 0.146. The Bertz CT molecular complexity index is 283. The van der Waals surface area contributed by atoms with Crippen LogP contribution in [0.2, 0.25) is 0 Å². The molecule has 0 spiro atoms. The summed E-state index contributed by atoms with van der Waals surface area (Å²) in [5.41, 5.74) is 4.20. The van der Waals surface area contributed by atoms with Crippen LogP contribution in [0, 0.1) is 0 Å². The van der Waals surface area contributed by atoms with Crippen LogP contribution in [0.25, 0.3) is 0 Å². The van der Waals surface area contributed by atoms with Crippen LogP contribution in [0.3, 0.4) is 0 Å². The van der Waals surface area contributed by atoms with Crippen molar-refractivity contribution in [3.63, 3.8) is 0 Å². The Morgan fingerprint density at radius 3 is 3.07 bits per heavy atom. The van der Waals surface area contributed by atoms with Crippen molar-refractivity contribution >= 4 is 5.91 Å². The normalized spacial score (nSPS) is 13.1. The van der Waals surface area contributed by atoms with Crippen LogP contribution in [0.1, 0.15) is 32.6 Å². The summed E-state index contributed by atoms with van der Waals surface area (Å²) in [6.07, 6.45) is 9.38. The highest BCUT2D eigenvalue weighted by atomic mass is 16.1. The molecule has 0 aromatic heterocycles. The van der Waals surface area contributed by atoms with E-state index in [2.05, 4.69) is 18.0 Å². The van der Waals surface area contributed by atoms with Crippen LogP contribution in [-0.4, -0.2) is 12.5 Å². The molecule has 0 atom stereocenters. The number of hydrogen-bond donors (Lipinski definition) is 1. The minimum atomic E-state index is 0.146. The quantitative estimate of drug-likeness (QED) is 0.506. The monoisotopic (exact) mass is 191 g/mol. The smallest absolute Gasteiger partial charge is 0.220 e. The lowest BCUT2D eigenvalue weighted by Gasteiger charge is -2.03. The first-order valence-electron chi connectivity index (χ1n) is 5.22. The molecule has 0 radical (unpaired) electrons. The third kappa shape index (κ3) is 4.11. The highest BCUT2D eigenvalue weighted by Gasteiger charge is 2.02. The van der Waals surface area contributed by atoms with E-state index in [9.17, 15) is 4.79 Å². The molecular formula is C12H17NO. The van der Waals surface area contributed by atoms with Crippen molar-refractivity contribution < 1.29 is 4.79 Å². The second kappa shape index (κ2) is 6.22. The molecule has 2 nitrogen and oxygen atoms in total. The predicted octanol–water partition coefficient (Wildman–Crippen LogP) is 2.33. The number of nitrogens with one attached hydrogen (secondary N) is 1. The highest BCUT2D eigenvalue weighted by molar-refractivity contribution is 5.76. The first kappa shape index (κ1) is 10.8. The summed E-state index contributed by atoms with van der Waals surface area (Å²) < 4.78 is 0. The Morgan fingerprint density at radius 1 is 1.57 bits per heavy atom. The maximum atomic E-state index is 11.3. The van der Waals surface area contributed by atoms with Gasteiger partial charge in [0.05, 0.1) is 0 Å². The molecule has 76 valence electrons. The van der Waals surface area contributed by atoms with Gasteiger partial charge in [-0.15, -0.1) is 5.73 Å². The molecule has 0 aromatic rings. The number of amides is 1. The molecule has 1 N–H and O–H groups in total. The van der Waals surface area contributed by atoms with Gasteiger partial charge in [0, 0.05) is 13.0 Å². The first-order valence-corrected chi connectivity index (χ1v) is 5.22. The lowest BCUT2D eigenvalue weighted by Crippen LogP contribution is -2.23. The molecule has 0 saturated heterocycles. The van der Waals surface area contributed by atoms with Gasteiger partial charge < -0.3 is 5.32 Å². The van der Waals surface area contributed by atoms with Crippen molar-refractivity contribution in [2.75, 3.05) is 6.54 Å². The SMILES string of the molecule is CCCCNC(=O)CCC1=C=CC=C1. The molecule has 2 heteroatoms. The Balaban J connectivity index is 2.09. The number of unbranched alkanes of at least 4 members (excludes halogenated alkanes) is 1. The second-order valence-electron chi connectivity index (χ2n) is 3.40. The van der Waals surface area contributed by atoms with Crippen molar-refractivity contribution in [1.82, 2.24) is 5.32 Å². The standard InChI is InChI=1S/C12H17NO/c1-2-3-10-13-12(14)9-8-11-6-4-5-7-11/h4-6H,2-3,8-10H2,1H3,(H,13,14). The zero-order valence-corrected chi connectivity index (χ0v) is 8.68. The molecule has 1 rings (SSSR count).